The van der Waals surface area contributed by atoms with E-state index in [2.05, 4.69) is 0 Å². The van der Waals surface area contributed by atoms with Crippen molar-refractivity contribution in [2.24, 2.45) is 29.4 Å². The van der Waals surface area contributed by atoms with Gasteiger partial charge in [-0.1, -0.05) is 0 Å². The summed E-state index contributed by atoms with van der Waals surface area (Å²) < 4.78 is 0. The molecule has 0 aromatic rings. The van der Waals surface area contributed by atoms with Crippen LogP contribution in [-0.2, 0) is 0 Å². The van der Waals surface area contributed by atoms with Gasteiger partial charge in [0.15, 0.2) is 0 Å². The van der Waals surface area contributed by atoms with E-state index in [0.29, 0.717) is 6.04 Å². The first-order chi connectivity index (χ1) is 5.83. The lowest BCUT2D eigenvalue weighted by Crippen LogP contribution is -2.30. The summed E-state index contributed by atoms with van der Waals surface area (Å²) >= 11 is 0. The van der Waals surface area contributed by atoms with Gasteiger partial charge in [0.05, 0.1) is 0 Å². The molecule has 3 aliphatic carbocycles. The van der Waals surface area contributed by atoms with Crippen LogP contribution in [0.25, 0.3) is 0 Å². The Hall–Kier alpha value is -0.0400. The molecular formula is C11H19N. The first kappa shape index (κ1) is 7.37. The molecule has 0 aromatic carbocycles. The molecule has 0 heterocycles. The van der Waals surface area contributed by atoms with Gasteiger partial charge in [0.25, 0.3) is 0 Å². The standard InChI is InChI=1S/C11H19N/c12-11-2-1-7-3-8-5-9(4-7)10(11)6-8/h7-11H,1-6,12H2/t7?,8?,9?,10?,11-/m0/s1. The predicted molar refractivity (Wildman–Crippen MR) is 49.6 cm³/mol. The molecule has 0 radical (unpaired) electrons. The van der Waals surface area contributed by atoms with Crippen LogP contribution in [0.3, 0.4) is 0 Å². The third kappa shape index (κ3) is 0.953. The second-order valence-corrected chi connectivity index (χ2v) is 5.34. The Morgan fingerprint density at radius 1 is 0.833 bits per heavy atom. The minimum absolute atomic E-state index is 0.560. The highest BCUT2D eigenvalue weighted by Crippen LogP contribution is 2.52. The largest absolute Gasteiger partial charge is 0.327 e. The molecule has 0 amide bonds. The van der Waals surface area contributed by atoms with E-state index in [1.54, 1.807) is 6.42 Å². The van der Waals surface area contributed by atoms with Gasteiger partial charge in [0.1, 0.15) is 0 Å². The van der Waals surface area contributed by atoms with Gasteiger partial charge in [-0.05, 0) is 62.2 Å². The Labute approximate surface area is 74.7 Å². The number of hydrogen-bond donors (Lipinski definition) is 1. The Morgan fingerprint density at radius 3 is 2.58 bits per heavy atom. The average Bonchev–Trinajstić information content (AvgIpc) is 2.32. The third-order valence-electron chi connectivity index (χ3n) is 4.61. The third-order valence-corrected chi connectivity index (χ3v) is 4.61. The van der Waals surface area contributed by atoms with Crippen LogP contribution >= 0.6 is 0 Å². The van der Waals surface area contributed by atoms with Crippen LogP contribution in [0.2, 0.25) is 0 Å². The van der Waals surface area contributed by atoms with Crippen LogP contribution in [0.1, 0.15) is 38.5 Å². The highest BCUT2D eigenvalue weighted by atomic mass is 14.7. The SMILES string of the molecule is N[C@H]1CCC2CC3CC(C2)C1C3. The van der Waals surface area contributed by atoms with E-state index in [1.807, 2.05) is 0 Å². The van der Waals surface area contributed by atoms with E-state index < -0.39 is 0 Å². The van der Waals surface area contributed by atoms with Gasteiger partial charge in [0, 0.05) is 6.04 Å². The Bertz CT molecular complexity index is 187. The lowest BCUT2D eigenvalue weighted by atomic mass is 9.80. The molecule has 0 saturated heterocycles. The van der Waals surface area contributed by atoms with Gasteiger partial charge < -0.3 is 5.73 Å². The van der Waals surface area contributed by atoms with Crippen molar-refractivity contribution in [3.63, 3.8) is 0 Å². The fraction of sp³-hybridized carbons (Fsp3) is 1.00. The van der Waals surface area contributed by atoms with Crippen LogP contribution in [0.5, 0.6) is 0 Å². The summed E-state index contributed by atoms with van der Waals surface area (Å²) in [5, 5.41) is 0. The molecule has 3 bridgehead atoms. The minimum Gasteiger partial charge on any atom is -0.327 e. The Balaban J connectivity index is 1.90. The molecule has 1 heteroatoms. The maximum absolute atomic E-state index is 6.20. The smallest absolute Gasteiger partial charge is 0.00700 e. The summed E-state index contributed by atoms with van der Waals surface area (Å²) in [7, 11) is 0. The molecule has 0 aromatic heterocycles. The first-order valence-electron chi connectivity index (χ1n) is 5.58. The van der Waals surface area contributed by atoms with E-state index in [0.717, 1.165) is 23.7 Å². The molecule has 5 atom stereocenters. The van der Waals surface area contributed by atoms with Gasteiger partial charge in [-0.3, -0.25) is 0 Å². The highest BCUT2D eigenvalue weighted by Gasteiger charge is 2.44. The first-order valence-corrected chi connectivity index (χ1v) is 5.58. The van der Waals surface area contributed by atoms with Crippen molar-refractivity contribution in [2.45, 2.75) is 44.6 Å². The molecule has 3 rings (SSSR count). The molecule has 3 fully saturated rings. The van der Waals surface area contributed by atoms with E-state index in [9.17, 15) is 0 Å². The number of hydrogen-bond acceptors (Lipinski definition) is 1. The van der Waals surface area contributed by atoms with Crippen molar-refractivity contribution in [1.82, 2.24) is 0 Å². The van der Waals surface area contributed by atoms with Crippen LogP contribution < -0.4 is 5.73 Å². The second kappa shape index (κ2) is 2.47. The number of rotatable bonds is 0. The van der Waals surface area contributed by atoms with E-state index in [-0.39, 0.29) is 0 Å². The summed E-state index contributed by atoms with van der Waals surface area (Å²) in [4.78, 5) is 0. The van der Waals surface area contributed by atoms with Crippen LogP contribution in [0, 0.1) is 23.7 Å². The molecule has 12 heavy (non-hydrogen) atoms. The summed E-state index contributed by atoms with van der Waals surface area (Å²) in [6.45, 7) is 0. The van der Waals surface area contributed by atoms with E-state index in [4.69, 9.17) is 5.73 Å². The van der Waals surface area contributed by atoms with Gasteiger partial charge in [-0.2, -0.15) is 0 Å². The number of fused-ring (bicyclic) bond motifs is 2. The maximum atomic E-state index is 6.20. The molecule has 3 saturated carbocycles. The summed E-state index contributed by atoms with van der Waals surface area (Å²) in [6.07, 6.45) is 8.81. The lowest BCUT2D eigenvalue weighted by molar-refractivity contribution is 0.254. The fourth-order valence-electron chi connectivity index (χ4n) is 4.14. The summed E-state index contributed by atoms with van der Waals surface area (Å²) in [5.41, 5.74) is 6.20. The number of nitrogens with two attached hydrogens (primary N) is 1. The van der Waals surface area contributed by atoms with Crippen molar-refractivity contribution in [2.75, 3.05) is 0 Å². The Kier molecular flexibility index (Phi) is 1.52. The normalized spacial score (nSPS) is 57.2. The zero-order valence-corrected chi connectivity index (χ0v) is 7.71. The van der Waals surface area contributed by atoms with E-state index in [1.165, 1.54) is 32.1 Å². The Morgan fingerprint density at radius 2 is 1.67 bits per heavy atom. The molecule has 68 valence electrons. The molecular weight excluding hydrogens is 146 g/mol. The van der Waals surface area contributed by atoms with Crippen molar-refractivity contribution in [3.05, 3.63) is 0 Å². The van der Waals surface area contributed by atoms with Gasteiger partial charge >= 0.3 is 0 Å². The average molecular weight is 165 g/mol. The van der Waals surface area contributed by atoms with Gasteiger partial charge in [-0.15, -0.1) is 0 Å². The summed E-state index contributed by atoms with van der Waals surface area (Å²) in [5.74, 6) is 4.09. The monoisotopic (exact) mass is 165 g/mol. The van der Waals surface area contributed by atoms with Crippen LogP contribution in [0.15, 0.2) is 0 Å². The minimum atomic E-state index is 0.560. The molecule has 4 unspecified atom stereocenters. The highest BCUT2D eigenvalue weighted by molar-refractivity contribution is 4.97. The molecule has 0 spiro atoms. The maximum Gasteiger partial charge on any atom is 0.00700 e. The van der Waals surface area contributed by atoms with Crippen LogP contribution in [-0.4, -0.2) is 6.04 Å². The van der Waals surface area contributed by atoms with E-state index >= 15 is 0 Å². The van der Waals surface area contributed by atoms with Crippen molar-refractivity contribution in [1.29, 1.82) is 0 Å². The lowest BCUT2D eigenvalue weighted by Gasteiger charge is -2.26. The summed E-state index contributed by atoms with van der Waals surface area (Å²) in [6, 6.07) is 0.560. The van der Waals surface area contributed by atoms with Crippen molar-refractivity contribution < 1.29 is 0 Å². The molecule has 0 aliphatic heterocycles. The van der Waals surface area contributed by atoms with Gasteiger partial charge in [-0.25, -0.2) is 0 Å². The zero-order chi connectivity index (χ0) is 8.13. The fourth-order valence-corrected chi connectivity index (χ4v) is 4.14. The quantitative estimate of drug-likeness (QED) is 0.585. The molecule has 3 aliphatic rings. The topological polar surface area (TPSA) is 26.0 Å². The van der Waals surface area contributed by atoms with Gasteiger partial charge in [0.2, 0.25) is 0 Å². The van der Waals surface area contributed by atoms with Crippen molar-refractivity contribution in [3.8, 4) is 0 Å². The van der Waals surface area contributed by atoms with Crippen molar-refractivity contribution >= 4 is 0 Å². The molecule has 2 N–H and O–H groups in total. The predicted octanol–water partition coefficient (Wildman–Crippen LogP) is 2.16. The molecule has 1 nitrogen and oxygen atoms in total. The van der Waals surface area contributed by atoms with Crippen LogP contribution in [0.4, 0.5) is 0 Å². The zero-order valence-electron chi connectivity index (χ0n) is 7.71. The second-order valence-electron chi connectivity index (χ2n) is 5.34.